The lowest BCUT2D eigenvalue weighted by molar-refractivity contribution is 0.120. The summed E-state index contributed by atoms with van der Waals surface area (Å²) in [5.74, 6) is 0.681. The van der Waals surface area contributed by atoms with E-state index in [0.717, 1.165) is 23.1 Å². The molecule has 0 radical (unpaired) electrons. The minimum Gasteiger partial charge on any atom is -0.376 e. The molecule has 1 aliphatic rings. The fourth-order valence-corrected chi connectivity index (χ4v) is 1.69. The van der Waals surface area contributed by atoms with Crippen LogP contribution in [0.1, 0.15) is 12.8 Å². The van der Waals surface area contributed by atoms with E-state index < -0.39 is 0 Å². The third-order valence-corrected chi connectivity index (χ3v) is 2.69. The molecule has 5 heteroatoms. The summed E-state index contributed by atoms with van der Waals surface area (Å²) in [6.07, 6.45) is 6.23. The molecule has 1 atom stereocenters. The summed E-state index contributed by atoms with van der Waals surface area (Å²) in [4.78, 5) is 8.31. The van der Waals surface area contributed by atoms with Gasteiger partial charge in [-0.2, -0.15) is 0 Å². The Bertz CT molecular complexity index is 285. The van der Waals surface area contributed by atoms with Gasteiger partial charge in [0, 0.05) is 29.1 Å². The largest absolute Gasteiger partial charge is 0.376 e. The molecule has 0 aliphatic carbocycles. The van der Waals surface area contributed by atoms with E-state index in [1.807, 2.05) is 0 Å². The van der Waals surface area contributed by atoms with Crippen LogP contribution in [0.25, 0.3) is 0 Å². The monoisotopic (exact) mass is 305 g/mol. The number of nitrogens with one attached hydrogen (secondary N) is 1. The molecule has 0 saturated carbocycles. The van der Waals surface area contributed by atoms with Crippen LogP contribution >= 0.6 is 22.6 Å². The van der Waals surface area contributed by atoms with Gasteiger partial charge in [0.2, 0.25) is 5.95 Å². The number of hydrogen-bond donors (Lipinski definition) is 1. The molecule has 1 fully saturated rings. The molecule has 4 nitrogen and oxygen atoms in total. The minimum absolute atomic E-state index is 0.331. The molecule has 1 aromatic rings. The Kier molecular flexibility index (Phi) is 3.52. The van der Waals surface area contributed by atoms with Crippen LogP contribution in [0.5, 0.6) is 0 Å². The molecule has 76 valence electrons. The summed E-state index contributed by atoms with van der Waals surface area (Å²) in [6, 6.07) is 0. The topological polar surface area (TPSA) is 47.0 Å². The smallest absolute Gasteiger partial charge is 0.222 e. The predicted molar refractivity (Wildman–Crippen MR) is 62.2 cm³/mol. The molecular formula is C9H12IN3O. The molecule has 1 N–H and O–H groups in total. The number of nitrogens with zero attached hydrogens (tertiary/aromatic N) is 2. The maximum Gasteiger partial charge on any atom is 0.222 e. The third kappa shape index (κ3) is 2.78. The van der Waals surface area contributed by atoms with Gasteiger partial charge >= 0.3 is 0 Å². The highest BCUT2D eigenvalue weighted by molar-refractivity contribution is 14.1. The highest BCUT2D eigenvalue weighted by Crippen LogP contribution is 2.12. The van der Waals surface area contributed by atoms with Gasteiger partial charge in [0.1, 0.15) is 0 Å². The van der Waals surface area contributed by atoms with Crippen LogP contribution in [0, 0.1) is 3.57 Å². The maximum atomic E-state index is 5.48. The first-order valence-electron chi connectivity index (χ1n) is 4.67. The SMILES string of the molecule is Ic1cnc(NCC2CCCO2)nc1. The predicted octanol–water partition coefficient (Wildman–Crippen LogP) is 1.67. The van der Waals surface area contributed by atoms with Crippen molar-refractivity contribution < 1.29 is 4.74 Å². The first kappa shape index (κ1) is 10.1. The molecule has 1 aliphatic heterocycles. The summed E-state index contributed by atoms with van der Waals surface area (Å²) in [6.45, 7) is 1.69. The molecule has 1 unspecified atom stereocenters. The Morgan fingerprint density at radius 3 is 2.93 bits per heavy atom. The van der Waals surface area contributed by atoms with Crippen molar-refractivity contribution in [2.75, 3.05) is 18.5 Å². The van der Waals surface area contributed by atoms with Crippen molar-refractivity contribution in [3.63, 3.8) is 0 Å². The van der Waals surface area contributed by atoms with Gasteiger partial charge in [0.25, 0.3) is 0 Å². The van der Waals surface area contributed by atoms with E-state index in [2.05, 4.69) is 37.9 Å². The minimum atomic E-state index is 0.331. The highest BCUT2D eigenvalue weighted by Gasteiger charge is 2.14. The fourth-order valence-electron chi connectivity index (χ4n) is 1.41. The second kappa shape index (κ2) is 4.88. The van der Waals surface area contributed by atoms with Crippen LogP contribution in [-0.2, 0) is 4.74 Å². The Balaban J connectivity index is 1.82. The van der Waals surface area contributed by atoms with E-state index in [1.165, 1.54) is 6.42 Å². The number of halogens is 1. The van der Waals surface area contributed by atoms with Crippen molar-refractivity contribution in [3.05, 3.63) is 16.0 Å². The van der Waals surface area contributed by atoms with Crippen LogP contribution < -0.4 is 5.32 Å². The fraction of sp³-hybridized carbons (Fsp3) is 0.556. The van der Waals surface area contributed by atoms with Crippen LogP contribution in [0.3, 0.4) is 0 Å². The molecule has 14 heavy (non-hydrogen) atoms. The zero-order chi connectivity index (χ0) is 9.80. The second-order valence-electron chi connectivity index (χ2n) is 3.24. The molecule has 1 aromatic heterocycles. The Morgan fingerprint density at radius 1 is 1.50 bits per heavy atom. The zero-order valence-electron chi connectivity index (χ0n) is 7.74. The van der Waals surface area contributed by atoms with Gasteiger partial charge in [-0.15, -0.1) is 0 Å². The van der Waals surface area contributed by atoms with Crippen LogP contribution in [0.2, 0.25) is 0 Å². The molecule has 0 amide bonds. The molecule has 2 heterocycles. The number of aromatic nitrogens is 2. The van der Waals surface area contributed by atoms with Crippen molar-refractivity contribution in [1.29, 1.82) is 0 Å². The average Bonchev–Trinajstić information content (AvgIpc) is 2.70. The van der Waals surface area contributed by atoms with Gasteiger partial charge in [0.05, 0.1) is 6.10 Å². The van der Waals surface area contributed by atoms with Crippen LogP contribution in [0.4, 0.5) is 5.95 Å². The number of ether oxygens (including phenoxy) is 1. The normalized spacial score (nSPS) is 21.1. The molecule has 0 spiro atoms. The maximum absolute atomic E-state index is 5.48. The lowest BCUT2D eigenvalue weighted by Gasteiger charge is -2.09. The summed E-state index contributed by atoms with van der Waals surface area (Å²) < 4.78 is 6.53. The van der Waals surface area contributed by atoms with Crippen molar-refractivity contribution in [2.45, 2.75) is 18.9 Å². The zero-order valence-corrected chi connectivity index (χ0v) is 9.90. The number of rotatable bonds is 3. The van der Waals surface area contributed by atoms with Gasteiger partial charge in [-0.25, -0.2) is 9.97 Å². The van der Waals surface area contributed by atoms with Crippen LogP contribution in [0.15, 0.2) is 12.4 Å². The molecule has 0 bridgehead atoms. The van der Waals surface area contributed by atoms with Gasteiger partial charge < -0.3 is 10.1 Å². The van der Waals surface area contributed by atoms with E-state index in [4.69, 9.17) is 4.74 Å². The molecule has 1 saturated heterocycles. The third-order valence-electron chi connectivity index (χ3n) is 2.13. The summed E-state index contributed by atoms with van der Waals surface area (Å²) in [7, 11) is 0. The van der Waals surface area contributed by atoms with E-state index in [9.17, 15) is 0 Å². The van der Waals surface area contributed by atoms with E-state index in [-0.39, 0.29) is 0 Å². The molecule has 2 rings (SSSR count). The Labute approximate surface area is 96.6 Å². The van der Waals surface area contributed by atoms with E-state index >= 15 is 0 Å². The van der Waals surface area contributed by atoms with E-state index in [0.29, 0.717) is 12.1 Å². The lowest BCUT2D eigenvalue weighted by Crippen LogP contribution is -2.19. The Hall–Kier alpha value is -0.430. The lowest BCUT2D eigenvalue weighted by atomic mass is 10.2. The van der Waals surface area contributed by atoms with Crippen LogP contribution in [-0.4, -0.2) is 29.2 Å². The average molecular weight is 305 g/mol. The summed E-state index contributed by atoms with van der Waals surface area (Å²) in [5, 5.41) is 3.16. The van der Waals surface area contributed by atoms with Gasteiger partial charge in [-0.3, -0.25) is 0 Å². The first-order chi connectivity index (χ1) is 6.84. The molecule has 0 aromatic carbocycles. The summed E-state index contributed by atoms with van der Waals surface area (Å²) >= 11 is 2.19. The van der Waals surface area contributed by atoms with Crippen molar-refractivity contribution in [3.8, 4) is 0 Å². The molecular weight excluding hydrogens is 293 g/mol. The van der Waals surface area contributed by atoms with Gasteiger partial charge in [0.15, 0.2) is 0 Å². The first-order valence-corrected chi connectivity index (χ1v) is 5.75. The Morgan fingerprint density at radius 2 is 2.29 bits per heavy atom. The number of hydrogen-bond acceptors (Lipinski definition) is 4. The van der Waals surface area contributed by atoms with Gasteiger partial charge in [-0.1, -0.05) is 0 Å². The quantitative estimate of drug-likeness (QED) is 0.863. The second-order valence-corrected chi connectivity index (χ2v) is 4.49. The van der Waals surface area contributed by atoms with E-state index in [1.54, 1.807) is 12.4 Å². The summed E-state index contributed by atoms with van der Waals surface area (Å²) in [5.41, 5.74) is 0. The van der Waals surface area contributed by atoms with Crippen molar-refractivity contribution >= 4 is 28.5 Å². The number of anilines is 1. The van der Waals surface area contributed by atoms with Crippen molar-refractivity contribution in [2.24, 2.45) is 0 Å². The van der Waals surface area contributed by atoms with Crippen molar-refractivity contribution in [1.82, 2.24) is 9.97 Å². The standard InChI is InChI=1S/C9H12IN3O/c10-7-4-11-9(12-5-7)13-6-8-2-1-3-14-8/h4-5,8H,1-3,6H2,(H,11,12,13). The van der Waals surface area contributed by atoms with Gasteiger partial charge in [-0.05, 0) is 35.4 Å². The highest BCUT2D eigenvalue weighted by atomic mass is 127.